The Morgan fingerprint density at radius 2 is 1.00 bits per heavy atom. The Morgan fingerprint density at radius 3 is 1.00 bits per heavy atom. The van der Waals surface area contributed by atoms with Gasteiger partial charge in [0.05, 0.1) is 0 Å². The van der Waals surface area contributed by atoms with Crippen LogP contribution in [0.25, 0.3) is 0 Å². The van der Waals surface area contributed by atoms with Crippen molar-refractivity contribution in [1.29, 1.82) is 0 Å². The summed E-state index contributed by atoms with van der Waals surface area (Å²) in [5.74, 6) is 0. The first kappa shape index (κ1) is 30.4. The zero-order valence-electron chi connectivity index (χ0n) is 3.00. The summed E-state index contributed by atoms with van der Waals surface area (Å²) >= 11 is 0. The maximum absolute atomic E-state index is 0. The van der Waals surface area contributed by atoms with Crippen LogP contribution in [0, 0.1) is 49.4 Å². The number of hydrogen-bond donors (Lipinski definition) is 0. The molecule has 0 aliphatic heterocycles. The molecule has 0 saturated carbocycles. The van der Waals surface area contributed by atoms with E-state index in [1.165, 1.54) is 0 Å². The monoisotopic (exact) mass is 447 g/mol. The largest absolute Gasteiger partial charge is 0 e. The molecular weight excluding hydrogens is 445 g/mol. The van der Waals surface area contributed by atoms with E-state index in [0.29, 0.717) is 0 Å². The van der Waals surface area contributed by atoms with E-state index < -0.39 is 0 Å². The van der Waals surface area contributed by atoms with Gasteiger partial charge in [-0.05, 0) is 0 Å². The summed E-state index contributed by atoms with van der Waals surface area (Å²) in [6.07, 6.45) is 0. The molecule has 0 bridgehead atoms. The van der Waals surface area contributed by atoms with E-state index in [-0.39, 0.29) is 192 Å². The zero-order valence-corrected chi connectivity index (χ0v) is 16.5. The van der Waals surface area contributed by atoms with Gasteiger partial charge in [0, 0.05) is 192 Å². The molecule has 0 aromatic carbocycles. The van der Waals surface area contributed by atoms with Crippen LogP contribution >= 0.6 is 0 Å². The quantitative estimate of drug-likeness (QED) is 0.398. The van der Waals surface area contributed by atoms with Crippen molar-refractivity contribution in [2.45, 2.75) is 0 Å². The molecule has 0 amide bonds. The summed E-state index contributed by atoms with van der Waals surface area (Å²) in [6.45, 7) is 0. The van der Waals surface area contributed by atoms with Gasteiger partial charge in [-0.15, -0.1) is 0 Å². The van der Waals surface area contributed by atoms with Crippen LogP contribution in [-0.4, -0.2) is 143 Å². The fourth-order valence-electron chi connectivity index (χ4n) is 0. The van der Waals surface area contributed by atoms with Crippen LogP contribution in [0.1, 0.15) is 0 Å². The van der Waals surface area contributed by atoms with Crippen molar-refractivity contribution >= 4 is 143 Å². The Bertz CT molecular complexity index is 11.6. The third kappa shape index (κ3) is 17.8. The molecule has 0 aromatic heterocycles. The van der Waals surface area contributed by atoms with Crippen molar-refractivity contribution in [3.05, 3.63) is 0 Å². The first-order valence-corrected chi connectivity index (χ1v) is 0. The predicted octanol–water partition coefficient (Wildman–Crippen LogP) is -1.52. The third-order valence-corrected chi connectivity index (χ3v) is 0. The Kier molecular flexibility index (Phi) is 137. The van der Waals surface area contributed by atoms with Crippen molar-refractivity contribution in [2.24, 2.45) is 0 Å². The average molecular weight is 445 g/mol. The van der Waals surface area contributed by atoms with Gasteiger partial charge >= 0.3 is 0 Å². The summed E-state index contributed by atoms with van der Waals surface area (Å²) < 4.78 is 0. The minimum Gasteiger partial charge on any atom is 0 e. The molecule has 11 radical (unpaired) electrons. The zero-order chi connectivity index (χ0) is 0. The van der Waals surface area contributed by atoms with Crippen LogP contribution in [-0.2, 0) is 0 Å². The molecule has 0 unspecified atom stereocenters. The smallest absolute Gasteiger partial charge is 0 e. The van der Waals surface area contributed by atoms with Crippen LogP contribution in [0.5, 0.6) is 0 Å². The van der Waals surface area contributed by atoms with E-state index in [2.05, 4.69) is 0 Å². The molecule has 0 N–H and O–H groups in total. The SMILES string of the molecule is [Ba].[Ca].[Eu].[Si].[Sr]. The molecule has 0 nitrogen and oxygen atoms in total. The van der Waals surface area contributed by atoms with Gasteiger partial charge in [0.2, 0.25) is 0 Å². The summed E-state index contributed by atoms with van der Waals surface area (Å²) in [4.78, 5) is 0. The molecule has 0 rings (SSSR count). The van der Waals surface area contributed by atoms with Gasteiger partial charge in [-0.2, -0.15) is 0 Å². The van der Waals surface area contributed by atoms with Gasteiger partial charge in [0.15, 0.2) is 0 Å². The first-order valence-electron chi connectivity index (χ1n) is 0. The number of hydrogen-bond acceptors (Lipinski definition) is 0. The van der Waals surface area contributed by atoms with Crippen LogP contribution in [0.15, 0.2) is 0 Å². The maximum atomic E-state index is 0. The van der Waals surface area contributed by atoms with Crippen LogP contribution in [0.2, 0.25) is 0 Å². The first-order chi connectivity index (χ1) is 0. The molecule has 0 spiro atoms. The minimum absolute atomic E-state index is 0. The maximum Gasteiger partial charge on any atom is 0 e. The molecule has 0 atom stereocenters. The van der Waals surface area contributed by atoms with Crippen LogP contribution < -0.4 is 0 Å². The molecule has 0 saturated heterocycles. The third-order valence-electron chi connectivity index (χ3n) is 0. The molecule has 17 valence electrons. The van der Waals surface area contributed by atoms with Crippen molar-refractivity contribution in [2.75, 3.05) is 0 Å². The van der Waals surface area contributed by atoms with Crippen molar-refractivity contribution in [1.82, 2.24) is 0 Å². The second kappa shape index (κ2) is 22.5. The second-order valence-electron chi connectivity index (χ2n) is 0. The van der Waals surface area contributed by atoms with E-state index in [4.69, 9.17) is 0 Å². The summed E-state index contributed by atoms with van der Waals surface area (Å²) in [5, 5.41) is 0. The Morgan fingerprint density at radius 1 is 1.00 bits per heavy atom. The molecule has 5 heteroatoms. The minimum atomic E-state index is 0. The summed E-state index contributed by atoms with van der Waals surface area (Å²) in [7, 11) is 0. The Labute approximate surface area is 185 Å². The topological polar surface area (TPSA) is 0 Å². The van der Waals surface area contributed by atoms with Crippen LogP contribution in [0.3, 0.4) is 0 Å². The van der Waals surface area contributed by atoms with Gasteiger partial charge < -0.3 is 0 Å². The standard InChI is InChI=1S/Ba.Ca.Eu.Si.Sr. The fraction of sp³-hybridized carbons (Fsp3) is 0. The van der Waals surface area contributed by atoms with Gasteiger partial charge in [-0.25, -0.2) is 0 Å². The van der Waals surface area contributed by atoms with E-state index >= 15 is 0 Å². The predicted molar refractivity (Wildman–Crippen MR) is 23.0 cm³/mol. The molecule has 0 aromatic rings. The Hall–Kier alpha value is 6.11. The van der Waals surface area contributed by atoms with Gasteiger partial charge in [-0.1, -0.05) is 0 Å². The van der Waals surface area contributed by atoms with Gasteiger partial charge in [-0.3, -0.25) is 0 Å². The van der Waals surface area contributed by atoms with Crippen molar-refractivity contribution in [3.63, 3.8) is 0 Å². The summed E-state index contributed by atoms with van der Waals surface area (Å²) in [6, 6.07) is 0. The fourth-order valence-corrected chi connectivity index (χ4v) is 0. The van der Waals surface area contributed by atoms with Gasteiger partial charge in [0.25, 0.3) is 0 Å². The van der Waals surface area contributed by atoms with E-state index in [9.17, 15) is 0 Å². The molecule has 0 heterocycles. The van der Waals surface area contributed by atoms with E-state index in [1.807, 2.05) is 0 Å². The average Bonchev–Trinajstić information content (AvgIpc) is 0. The molecule has 0 aliphatic rings. The van der Waals surface area contributed by atoms with E-state index in [1.54, 1.807) is 0 Å². The van der Waals surface area contributed by atoms with Gasteiger partial charge in [0.1, 0.15) is 0 Å². The molecule has 5 heavy (non-hydrogen) atoms. The van der Waals surface area contributed by atoms with Crippen molar-refractivity contribution < 1.29 is 49.4 Å². The second-order valence-corrected chi connectivity index (χ2v) is 0. The molecular formula is BaCaEuSiSr. The van der Waals surface area contributed by atoms with Crippen LogP contribution in [0.4, 0.5) is 0 Å². The van der Waals surface area contributed by atoms with Crippen molar-refractivity contribution in [3.8, 4) is 0 Å². The molecule has 0 aliphatic carbocycles. The Balaban J connectivity index is 0. The molecule has 0 fully saturated rings. The van der Waals surface area contributed by atoms with E-state index in [0.717, 1.165) is 0 Å². The normalized spacial score (nSPS) is 0. The summed E-state index contributed by atoms with van der Waals surface area (Å²) in [5.41, 5.74) is 0. The number of rotatable bonds is 0.